The lowest BCUT2D eigenvalue weighted by Gasteiger charge is -2.35. The van der Waals surface area contributed by atoms with Crippen LogP contribution in [0.5, 0.6) is 0 Å². The third-order valence-electron chi connectivity index (χ3n) is 5.78. The summed E-state index contributed by atoms with van der Waals surface area (Å²) in [6.45, 7) is 6.15. The summed E-state index contributed by atoms with van der Waals surface area (Å²) in [6, 6.07) is 18.2. The molecule has 1 N–H and O–H groups in total. The van der Waals surface area contributed by atoms with Gasteiger partial charge in [0.2, 0.25) is 11.8 Å². The van der Waals surface area contributed by atoms with Gasteiger partial charge in [0.1, 0.15) is 0 Å². The Morgan fingerprint density at radius 1 is 0.929 bits per heavy atom. The van der Waals surface area contributed by atoms with Gasteiger partial charge in [-0.1, -0.05) is 48.5 Å². The number of amides is 2. The minimum Gasteiger partial charge on any atom is -0.340 e. The number of nitrogens with one attached hydrogen (secondary N) is 1. The molecule has 1 aliphatic carbocycles. The van der Waals surface area contributed by atoms with Crippen molar-refractivity contribution in [2.24, 2.45) is 11.8 Å². The number of piperazine rings is 1. The molecular formula is C23H27N3O2. The SMILES string of the molecule is Cc1ccccc1NC(=O)C1CC1C(=O)N1CCN(Cc2ccccc2)CC1. The van der Waals surface area contributed by atoms with Crippen LogP contribution in [0, 0.1) is 18.8 Å². The fourth-order valence-electron chi connectivity index (χ4n) is 3.90. The minimum atomic E-state index is -0.186. The van der Waals surface area contributed by atoms with Gasteiger partial charge in [0.15, 0.2) is 0 Å². The molecule has 2 amide bonds. The standard InChI is InChI=1S/C23H27N3O2/c1-17-7-5-6-10-21(17)24-22(27)19-15-20(19)23(28)26-13-11-25(12-14-26)16-18-8-3-2-4-9-18/h2-10,19-20H,11-16H2,1H3,(H,24,27). The van der Waals surface area contributed by atoms with Gasteiger partial charge in [-0.15, -0.1) is 0 Å². The van der Waals surface area contributed by atoms with Crippen LogP contribution in [0.4, 0.5) is 5.69 Å². The van der Waals surface area contributed by atoms with E-state index in [4.69, 9.17) is 0 Å². The summed E-state index contributed by atoms with van der Waals surface area (Å²) in [5, 5.41) is 2.98. The summed E-state index contributed by atoms with van der Waals surface area (Å²) in [7, 11) is 0. The normalized spacial score (nSPS) is 22.0. The molecular weight excluding hydrogens is 350 g/mol. The maximum Gasteiger partial charge on any atom is 0.228 e. The summed E-state index contributed by atoms with van der Waals surface area (Å²) in [5.74, 6) is -0.223. The molecule has 5 nitrogen and oxygen atoms in total. The zero-order valence-electron chi connectivity index (χ0n) is 16.3. The van der Waals surface area contributed by atoms with Crippen molar-refractivity contribution in [2.75, 3.05) is 31.5 Å². The van der Waals surface area contributed by atoms with Crippen LogP contribution < -0.4 is 5.32 Å². The Labute approximate surface area is 166 Å². The summed E-state index contributed by atoms with van der Waals surface area (Å²) in [6.07, 6.45) is 0.667. The number of carbonyl (C=O) groups excluding carboxylic acids is 2. The van der Waals surface area contributed by atoms with Gasteiger partial charge in [-0.3, -0.25) is 14.5 Å². The second-order valence-electron chi connectivity index (χ2n) is 7.84. The third kappa shape index (κ3) is 4.25. The fourth-order valence-corrected chi connectivity index (χ4v) is 3.90. The first-order valence-corrected chi connectivity index (χ1v) is 10.0. The monoisotopic (exact) mass is 377 g/mol. The van der Waals surface area contributed by atoms with Crippen LogP contribution in [-0.4, -0.2) is 47.8 Å². The van der Waals surface area contributed by atoms with E-state index in [0.29, 0.717) is 6.42 Å². The molecule has 5 heteroatoms. The van der Waals surface area contributed by atoms with Crippen molar-refractivity contribution in [3.63, 3.8) is 0 Å². The lowest BCUT2D eigenvalue weighted by molar-refractivity contribution is -0.135. The predicted octanol–water partition coefficient (Wildman–Crippen LogP) is 2.91. The van der Waals surface area contributed by atoms with E-state index in [-0.39, 0.29) is 23.7 Å². The minimum absolute atomic E-state index is 0.0321. The summed E-state index contributed by atoms with van der Waals surface area (Å²) >= 11 is 0. The Morgan fingerprint density at radius 2 is 1.61 bits per heavy atom. The number of aryl methyl sites for hydroxylation is 1. The van der Waals surface area contributed by atoms with E-state index in [1.807, 2.05) is 42.2 Å². The molecule has 1 saturated heterocycles. The average Bonchev–Trinajstić information content (AvgIpc) is 3.52. The number of para-hydroxylation sites is 1. The van der Waals surface area contributed by atoms with E-state index in [1.54, 1.807) is 0 Å². The molecule has 2 aliphatic rings. The Hall–Kier alpha value is -2.66. The number of benzene rings is 2. The van der Waals surface area contributed by atoms with Crippen LogP contribution >= 0.6 is 0 Å². The van der Waals surface area contributed by atoms with Crippen LogP contribution in [0.15, 0.2) is 54.6 Å². The van der Waals surface area contributed by atoms with Crippen molar-refractivity contribution in [1.29, 1.82) is 0 Å². The van der Waals surface area contributed by atoms with Crippen LogP contribution in [0.3, 0.4) is 0 Å². The Bertz CT molecular complexity index is 844. The van der Waals surface area contributed by atoms with Gasteiger partial charge in [0, 0.05) is 38.4 Å². The quantitative estimate of drug-likeness (QED) is 0.872. The number of rotatable bonds is 5. The highest BCUT2D eigenvalue weighted by atomic mass is 16.2. The number of anilines is 1. The van der Waals surface area contributed by atoms with Crippen molar-refractivity contribution in [3.05, 3.63) is 65.7 Å². The third-order valence-corrected chi connectivity index (χ3v) is 5.78. The fraction of sp³-hybridized carbons (Fsp3) is 0.391. The maximum absolute atomic E-state index is 12.8. The average molecular weight is 377 g/mol. The second-order valence-corrected chi connectivity index (χ2v) is 7.84. The first-order valence-electron chi connectivity index (χ1n) is 10.0. The van der Waals surface area contributed by atoms with Crippen LogP contribution in [-0.2, 0) is 16.1 Å². The molecule has 0 spiro atoms. The van der Waals surface area contributed by atoms with Gasteiger partial charge in [0.05, 0.1) is 11.8 Å². The van der Waals surface area contributed by atoms with E-state index >= 15 is 0 Å². The van der Waals surface area contributed by atoms with Crippen molar-refractivity contribution >= 4 is 17.5 Å². The molecule has 146 valence electrons. The summed E-state index contributed by atoms with van der Waals surface area (Å²) < 4.78 is 0. The van der Waals surface area contributed by atoms with Gasteiger partial charge in [-0.25, -0.2) is 0 Å². The first kappa shape index (κ1) is 18.7. The molecule has 0 bridgehead atoms. The maximum atomic E-state index is 12.8. The molecule has 2 atom stereocenters. The number of hydrogen-bond acceptors (Lipinski definition) is 3. The van der Waals surface area contributed by atoms with E-state index < -0.39 is 0 Å². The van der Waals surface area contributed by atoms with Gasteiger partial charge < -0.3 is 10.2 Å². The van der Waals surface area contributed by atoms with Crippen molar-refractivity contribution in [2.45, 2.75) is 19.9 Å². The molecule has 2 unspecified atom stereocenters. The molecule has 1 heterocycles. The Morgan fingerprint density at radius 3 is 2.32 bits per heavy atom. The molecule has 2 aromatic rings. The van der Waals surface area contributed by atoms with Gasteiger partial charge in [0.25, 0.3) is 0 Å². The molecule has 0 radical (unpaired) electrons. The van der Waals surface area contributed by atoms with Gasteiger partial charge in [-0.05, 0) is 30.5 Å². The second kappa shape index (κ2) is 8.15. The van der Waals surface area contributed by atoms with E-state index in [2.05, 4.69) is 34.5 Å². The van der Waals surface area contributed by atoms with Crippen molar-refractivity contribution < 1.29 is 9.59 Å². The smallest absolute Gasteiger partial charge is 0.228 e. The van der Waals surface area contributed by atoms with E-state index in [1.165, 1.54) is 5.56 Å². The van der Waals surface area contributed by atoms with E-state index in [0.717, 1.165) is 44.0 Å². The molecule has 1 saturated carbocycles. The number of hydrogen-bond donors (Lipinski definition) is 1. The highest BCUT2D eigenvalue weighted by Gasteiger charge is 2.49. The number of nitrogens with zero attached hydrogens (tertiary/aromatic N) is 2. The lowest BCUT2D eigenvalue weighted by Crippen LogP contribution is -2.49. The Kier molecular flexibility index (Phi) is 5.44. The van der Waals surface area contributed by atoms with Crippen LogP contribution in [0.25, 0.3) is 0 Å². The van der Waals surface area contributed by atoms with Gasteiger partial charge in [-0.2, -0.15) is 0 Å². The Balaban J connectivity index is 1.25. The zero-order valence-corrected chi connectivity index (χ0v) is 16.3. The topological polar surface area (TPSA) is 52.7 Å². The summed E-state index contributed by atoms with van der Waals surface area (Å²) in [5.41, 5.74) is 3.17. The largest absolute Gasteiger partial charge is 0.340 e. The molecule has 4 rings (SSSR count). The summed E-state index contributed by atoms with van der Waals surface area (Å²) in [4.78, 5) is 29.6. The number of carbonyl (C=O) groups is 2. The molecule has 1 aliphatic heterocycles. The molecule has 2 aromatic carbocycles. The van der Waals surface area contributed by atoms with Crippen molar-refractivity contribution in [1.82, 2.24) is 9.80 Å². The van der Waals surface area contributed by atoms with Gasteiger partial charge >= 0.3 is 0 Å². The molecule has 28 heavy (non-hydrogen) atoms. The highest BCUT2D eigenvalue weighted by Crippen LogP contribution is 2.41. The van der Waals surface area contributed by atoms with Crippen LogP contribution in [0.2, 0.25) is 0 Å². The highest BCUT2D eigenvalue weighted by molar-refractivity contribution is 5.99. The van der Waals surface area contributed by atoms with E-state index in [9.17, 15) is 9.59 Å². The first-order chi connectivity index (χ1) is 13.6. The zero-order chi connectivity index (χ0) is 19.5. The van der Waals surface area contributed by atoms with Crippen molar-refractivity contribution in [3.8, 4) is 0 Å². The molecule has 2 fully saturated rings. The predicted molar refractivity (Wildman–Crippen MR) is 110 cm³/mol. The van der Waals surface area contributed by atoms with Crippen LogP contribution in [0.1, 0.15) is 17.5 Å². The lowest BCUT2D eigenvalue weighted by atomic mass is 10.1. The molecule has 0 aromatic heterocycles.